The van der Waals surface area contributed by atoms with Crippen LogP contribution in [-0.2, 0) is 0 Å². The molecule has 4 rings (SSSR count). The van der Waals surface area contributed by atoms with E-state index in [1.807, 2.05) is 0 Å². The zero-order chi connectivity index (χ0) is 17.8. The molecule has 26 heavy (non-hydrogen) atoms. The number of likely N-dealkylation sites (N-methyl/N-ethyl adjacent to an activating group) is 1. The van der Waals surface area contributed by atoms with Crippen LogP contribution in [0.5, 0.6) is 0 Å². The van der Waals surface area contributed by atoms with E-state index in [9.17, 15) is 0 Å². The number of piperidine rings is 1. The van der Waals surface area contributed by atoms with Crippen LogP contribution in [0.4, 0.5) is 23.0 Å². The molecular formula is C20H28N6. The SMILES string of the molecule is CN1CCN(c2ccc(Nc3cc(N4CCCCC4)ncn3)cc2)CC1. The fourth-order valence-electron chi connectivity index (χ4n) is 3.68. The van der Waals surface area contributed by atoms with E-state index in [1.165, 1.54) is 24.9 Å². The van der Waals surface area contributed by atoms with Crippen molar-refractivity contribution in [3.05, 3.63) is 36.7 Å². The second-order valence-electron chi connectivity index (χ2n) is 7.27. The Kier molecular flexibility index (Phi) is 5.20. The number of piperazine rings is 1. The van der Waals surface area contributed by atoms with E-state index < -0.39 is 0 Å². The molecule has 3 heterocycles. The molecule has 0 unspecified atom stereocenters. The van der Waals surface area contributed by atoms with E-state index in [1.54, 1.807) is 6.33 Å². The van der Waals surface area contributed by atoms with Crippen molar-refractivity contribution in [3.63, 3.8) is 0 Å². The maximum Gasteiger partial charge on any atom is 0.135 e. The second kappa shape index (κ2) is 7.91. The smallest absolute Gasteiger partial charge is 0.135 e. The fraction of sp³-hybridized carbons (Fsp3) is 0.500. The topological polar surface area (TPSA) is 47.5 Å². The molecule has 2 aromatic rings. The second-order valence-corrected chi connectivity index (χ2v) is 7.27. The fourth-order valence-corrected chi connectivity index (χ4v) is 3.68. The normalized spacial score (nSPS) is 18.8. The summed E-state index contributed by atoms with van der Waals surface area (Å²) in [5.41, 5.74) is 2.35. The van der Waals surface area contributed by atoms with Crippen molar-refractivity contribution < 1.29 is 0 Å². The van der Waals surface area contributed by atoms with Crippen molar-refractivity contribution in [2.75, 3.05) is 61.4 Å². The Morgan fingerprint density at radius 1 is 0.808 bits per heavy atom. The van der Waals surface area contributed by atoms with Crippen molar-refractivity contribution in [1.82, 2.24) is 14.9 Å². The number of anilines is 4. The van der Waals surface area contributed by atoms with Crippen molar-refractivity contribution in [3.8, 4) is 0 Å². The molecule has 6 heteroatoms. The lowest BCUT2D eigenvalue weighted by atomic mass is 10.1. The maximum absolute atomic E-state index is 4.45. The van der Waals surface area contributed by atoms with Gasteiger partial charge in [0.05, 0.1) is 0 Å². The van der Waals surface area contributed by atoms with Gasteiger partial charge in [-0.25, -0.2) is 9.97 Å². The van der Waals surface area contributed by atoms with Crippen molar-refractivity contribution in [1.29, 1.82) is 0 Å². The molecule has 6 nitrogen and oxygen atoms in total. The lowest BCUT2D eigenvalue weighted by Crippen LogP contribution is -2.44. The summed E-state index contributed by atoms with van der Waals surface area (Å²) in [6, 6.07) is 10.7. The molecule has 2 saturated heterocycles. The molecule has 1 aromatic heterocycles. The Morgan fingerprint density at radius 2 is 1.54 bits per heavy atom. The lowest BCUT2D eigenvalue weighted by molar-refractivity contribution is 0.313. The maximum atomic E-state index is 4.45. The van der Waals surface area contributed by atoms with Gasteiger partial charge in [-0.1, -0.05) is 0 Å². The summed E-state index contributed by atoms with van der Waals surface area (Å²) in [5, 5.41) is 3.42. The van der Waals surface area contributed by atoms with Gasteiger partial charge in [0.15, 0.2) is 0 Å². The summed E-state index contributed by atoms with van der Waals surface area (Å²) >= 11 is 0. The highest BCUT2D eigenvalue weighted by Crippen LogP contribution is 2.23. The first-order valence-corrected chi connectivity index (χ1v) is 9.65. The molecule has 0 radical (unpaired) electrons. The molecule has 2 aliphatic rings. The van der Waals surface area contributed by atoms with Crippen LogP contribution in [0.2, 0.25) is 0 Å². The third kappa shape index (κ3) is 4.07. The number of rotatable bonds is 4. The molecule has 0 atom stereocenters. The summed E-state index contributed by atoms with van der Waals surface area (Å²) in [6.07, 6.45) is 5.48. The first-order valence-electron chi connectivity index (χ1n) is 9.65. The van der Waals surface area contributed by atoms with Crippen LogP contribution in [0.3, 0.4) is 0 Å². The molecule has 0 bridgehead atoms. The number of aromatic nitrogens is 2. The van der Waals surface area contributed by atoms with Gasteiger partial charge in [-0.3, -0.25) is 0 Å². The Balaban J connectivity index is 1.41. The minimum Gasteiger partial charge on any atom is -0.369 e. The average molecular weight is 352 g/mol. The highest BCUT2D eigenvalue weighted by molar-refractivity contribution is 5.62. The highest BCUT2D eigenvalue weighted by atomic mass is 15.2. The first kappa shape index (κ1) is 17.1. The van der Waals surface area contributed by atoms with Crippen molar-refractivity contribution in [2.24, 2.45) is 0 Å². The van der Waals surface area contributed by atoms with Crippen LogP contribution in [0.15, 0.2) is 36.7 Å². The molecule has 0 spiro atoms. The molecule has 2 aliphatic heterocycles. The minimum absolute atomic E-state index is 0.855. The number of hydrogen-bond donors (Lipinski definition) is 1. The van der Waals surface area contributed by atoms with Gasteiger partial charge in [-0.2, -0.15) is 0 Å². The summed E-state index contributed by atoms with van der Waals surface area (Å²) in [7, 11) is 2.18. The Morgan fingerprint density at radius 3 is 2.27 bits per heavy atom. The number of nitrogens with one attached hydrogen (secondary N) is 1. The van der Waals surface area contributed by atoms with Gasteiger partial charge in [0, 0.05) is 56.7 Å². The molecular weight excluding hydrogens is 324 g/mol. The van der Waals surface area contributed by atoms with E-state index in [2.05, 4.69) is 67.4 Å². The van der Waals surface area contributed by atoms with Crippen LogP contribution >= 0.6 is 0 Å². The zero-order valence-electron chi connectivity index (χ0n) is 15.6. The van der Waals surface area contributed by atoms with Crippen molar-refractivity contribution >= 4 is 23.0 Å². The van der Waals surface area contributed by atoms with Crippen LogP contribution in [0.25, 0.3) is 0 Å². The van der Waals surface area contributed by atoms with E-state index in [0.717, 1.165) is 56.6 Å². The molecule has 0 amide bonds. The van der Waals surface area contributed by atoms with Crippen LogP contribution < -0.4 is 15.1 Å². The van der Waals surface area contributed by atoms with Gasteiger partial charge < -0.3 is 20.0 Å². The van der Waals surface area contributed by atoms with Crippen molar-refractivity contribution in [2.45, 2.75) is 19.3 Å². The number of benzene rings is 1. The number of nitrogens with zero attached hydrogens (tertiary/aromatic N) is 5. The van der Waals surface area contributed by atoms with Crippen LogP contribution in [0.1, 0.15) is 19.3 Å². The highest BCUT2D eigenvalue weighted by Gasteiger charge is 2.15. The van der Waals surface area contributed by atoms with Gasteiger partial charge in [0.2, 0.25) is 0 Å². The summed E-state index contributed by atoms with van der Waals surface area (Å²) in [4.78, 5) is 16.0. The van der Waals surface area contributed by atoms with Crippen LogP contribution in [0, 0.1) is 0 Å². The van der Waals surface area contributed by atoms with Gasteiger partial charge >= 0.3 is 0 Å². The van der Waals surface area contributed by atoms with Gasteiger partial charge in [0.25, 0.3) is 0 Å². The Bertz CT molecular complexity index is 702. The van der Waals surface area contributed by atoms with Gasteiger partial charge in [0.1, 0.15) is 18.0 Å². The predicted octanol–water partition coefficient (Wildman–Crippen LogP) is 2.96. The monoisotopic (exact) mass is 352 g/mol. The van der Waals surface area contributed by atoms with E-state index >= 15 is 0 Å². The van der Waals surface area contributed by atoms with E-state index in [-0.39, 0.29) is 0 Å². The molecule has 2 fully saturated rings. The lowest BCUT2D eigenvalue weighted by Gasteiger charge is -2.34. The molecule has 1 aromatic carbocycles. The van der Waals surface area contributed by atoms with Crippen LogP contribution in [-0.4, -0.2) is 61.2 Å². The molecule has 1 N–H and O–H groups in total. The largest absolute Gasteiger partial charge is 0.369 e. The standard InChI is InChI=1S/C20H28N6/c1-24-11-13-25(14-12-24)18-7-5-17(6-8-18)23-19-15-20(22-16-21-19)26-9-3-2-4-10-26/h5-8,15-16H,2-4,9-14H2,1H3,(H,21,22,23). The molecule has 0 saturated carbocycles. The third-order valence-corrected chi connectivity index (χ3v) is 5.34. The molecule has 138 valence electrons. The first-order chi connectivity index (χ1) is 12.8. The van der Waals surface area contributed by atoms with Gasteiger partial charge in [-0.05, 0) is 50.6 Å². The summed E-state index contributed by atoms with van der Waals surface area (Å²) in [5.74, 6) is 1.88. The minimum atomic E-state index is 0.855. The Hall–Kier alpha value is -2.34. The zero-order valence-corrected chi connectivity index (χ0v) is 15.6. The van der Waals surface area contributed by atoms with Gasteiger partial charge in [-0.15, -0.1) is 0 Å². The third-order valence-electron chi connectivity index (χ3n) is 5.34. The Labute approximate surface area is 155 Å². The quantitative estimate of drug-likeness (QED) is 0.913. The summed E-state index contributed by atoms with van der Waals surface area (Å²) in [6.45, 7) is 6.62. The number of hydrogen-bond acceptors (Lipinski definition) is 6. The van der Waals surface area contributed by atoms with E-state index in [0.29, 0.717) is 0 Å². The van der Waals surface area contributed by atoms with E-state index in [4.69, 9.17) is 0 Å². The summed E-state index contributed by atoms with van der Waals surface area (Å²) < 4.78 is 0. The average Bonchev–Trinajstić information content (AvgIpc) is 2.70. The predicted molar refractivity (Wildman–Crippen MR) is 108 cm³/mol. The molecule has 0 aliphatic carbocycles.